The van der Waals surface area contributed by atoms with E-state index in [-0.39, 0.29) is 12.1 Å². The quantitative estimate of drug-likeness (QED) is 0.583. The van der Waals surface area contributed by atoms with E-state index in [0.29, 0.717) is 37.4 Å². The number of nitrogens with zero attached hydrogens (tertiary/aromatic N) is 3. The number of benzene rings is 1. The van der Waals surface area contributed by atoms with Gasteiger partial charge in [-0.15, -0.1) is 0 Å². The minimum Gasteiger partial charge on any atom is -0.444 e. The molecule has 0 bridgehead atoms. The summed E-state index contributed by atoms with van der Waals surface area (Å²) < 4.78 is 5.43. The number of anilines is 2. The molecule has 0 aliphatic carbocycles. The van der Waals surface area contributed by atoms with Gasteiger partial charge in [-0.05, 0) is 58.2 Å². The van der Waals surface area contributed by atoms with Crippen LogP contribution in [0.3, 0.4) is 0 Å². The van der Waals surface area contributed by atoms with Gasteiger partial charge in [-0.25, -0.2) is 9.59 Å². The molecule has 0 spiro atoms. The maximum absolute atomic E-state index is 12.6. The van der Waals surface area contributed by atoms with Crippen molar-refractivity contribution >= 4 is 29.4 Å². The van der Waals surface area contributed by atoms with Gasteiger partial charge < -0.3 is 30.9 Å². The fraction of sp³-hybridized carbons (Fsp3) is 0.625. The van der Waals surface area contributed by atoms with E-state index in [2.05, 4.69) is 20.4 Å². The van der Waals surface area contributed by atoms with Crippen LogP contribution in [0.5, 0.6) is 0 Å². The van der Waals surface area contributed by atoms with Crippen LogP contribution in [0.15, 0.2) is 18.2 Å². The number of urea groups is 1. The Morgan fingerprint density at radius 2 is 1.68 bits per heavy atom. The third-order valence-corrected chi connectivity index (χ3v) is 5.96. The Bertz CT molecular complexity index is 871. The number of nitrogens with two attached hydrogens (primary N) is 1. The molecule has 4 amide bonds. The van der Waals surface area contributed by atoms with Crippen LogP contribution in [0.4, 0.5) is 21.0 Å². The van der Waals surface area contributed by atoms with Crippen molar-refractivity contribution in [1.82, 2.24) is 15.1 Å². The van der Waals surface area contributed by atoms with Gasteiger partial charge in [-0.2, -0.15) is 0 Å². The van der Waals surface area contributed by atoms with Gasteiger partial charge in [0.15, 0.2) is 0 Å². The Hall–Kier alpha value is -3.01. The summed E-state index contributed by atoms with van der Waals surface area (Å²) in [7, 11) is 0. The average molecular weight is 475 g/mol. The molecule has 34 heavy (non-hydrogen) atoms. The van der Waals surface area contributed by atoms with Crippen molar-refractivity contribution in [1.29, 1.82) is 0 Å². The zero-order valence-corrected chi connectivity index (χ0v) is 20.6. The highest BCUT2D eigenvalue weighted by atomic mass is 16.6. The van der Waals surface area contributed by atoms with E-state index < -0.39 is 11.5 Å². The average Bonchev–Trinajstić information content (AvgIpc) is 2.79. The van der Waals surface area contributed by atoms with Crippen LogP contribution in [0.25, 0.3) is 0 Å². The van der Waals surface area contributed by atoms with E-state index in [9.17, 15) is 14.4 Å². The Morgan fingerprint density at radius 3 is 2.29 bits per heavy atom. The van der Waals surface area contributed by atoms with Gasteiger partial charge in [-0.3, -0.25) is 9.69 Å². The minimum absolute atomic E-state index is 0.285. The highest BCUT2D eigenvalue weighted by Gasteiger charge is 2.25. The number of amides is 4. The standard InChI is InChI=1S/C24H38N6O4/c1-24(2,3)34-23(33)30-15-13-28(14-16-30)12-9-26-22(32)27-19-17-18(21(25)31)7-8-20(19)29-10-5-4-6-11-29/h7-8,17H,4-6,9-16H2,1-3H3,(H2,25,31)(H2,26,27,32). The van der Waals surface area contributed by atoms with Crippen molar-refractivity contribution in [2.24, 2.45) is 5.73 Å². The predicted molar refractivity (Wildman–Crippen MR) is 132 cm³/mol. The van der Waals surface area contributed by atoms with Crippen molar-refractivity contribution in [3.63, 3.8) is 0 Å². The minimum atomic E-state index is -0.529. The second kappa shape index (κ2) is 11.4. The lowest BCUT2D eigenvalue weighted by atomic mass is 10.1. The van der Waals surface area contributed by atoms with E-state index in [1.807, 2.05) is 26.8 Å². The molecule has 2 fully saturated rings. The molecule has 0 saturated carbocycles. The monoisotopic (exact) mass is 474 g/mol. The summed E-state index contributed by atoms with van der Waals surface area (Å²) in [5.41, 5.74) is 6.79. The molecule has 0 unspecified atom stereocenters. The number of rotatable bonds is 6. The summed E-state index contributed by atoms with van der Waals surface area (Å²) in [6, 6.07) is 4.87. The van der Waals surface area contributed by atoms with Crippen molar-refractivity contribution in [3.8, 4) is 0 Å². The van der Waals surface area contributed by atoms with Gasteiger partial charge in [0, 0.05) is 57.9 Å². The van der Waals surface area contributed by atoms with Gasteiger partial charge >= 0.3 is 12.1 Å². The molecule has 188 valence electrons. The molecule has 2 saturated heterocycles. The van der Waals surface area contributed by atoms with E-state index in [0.717, 1.165) is 44.7 Å². The van der Waals surface area contributed by atoms with Crippen molar-refractivity contribution in [2.75, 3.05) is 62.6 Å². The van der Waals surface area contributed by atoms with Crippen LogP contribution in [0.1, 0.15) is 50.4 Å². The highest BCUT2D eigenvalue weighted by Crippen LogP contribution is 2.29. The number of hydrogen-bond donors (Lipinski definition) is 3. The van der Waals surface area contributed by atoms with Crippen LogP contribution >= 0.6 is 0 Å². The Morgan fingerprint density at radius 1 is 1.00 bits per heavy atom. The summed E-state index contributed by atoms with van der Waals surface area (Å²) in [5.74, 6) is -0.529. The van der Waals surface area contributed by atoms with Gasteiger partial charge in [0.2, 0.25) is 5.91 Å². The van der Waals surface area contributed by atoms with Gasteiger partial charge in [0.05, 0.1) is 11.4 Å². The predicted octanol–water partition coefficient (Wildman–Crippen LogP) is 2.45. The number of carbonyl (C=O) groups is 3. The van der Waals surface area contributed by atoms with Crippen molar-refractivity contribution < 1.29 is 19.1 Å². The third kappa shape index (κ3) is 7.51. The van der Waals surface area contributed by atoms with Crippen LogP contribution in [-0.2, 0) is 4.74 Å². The fourth-order valence-corrected chi connectivity index (χ4v) is 4.17. The number of nitrogens with one attached hydrogen (secondary N) is 2. The second-order valence-electron chi connectivity index (χ2n) is 9.83. The molecule has 3 rings (SSSR count). The van der Waals surface area contributed by atoms with Crippen molar-refractivity contribution in [2.45, 2.75) is 45.6 Å². The molecule has 2 heterocycles. The van der Waals surface area contributed by atoms with Crippen LogP contribution in [-0.4, -0.2) is 85.8 Å². The molecular formula is C24H38N6O4. The van der Waals surface area contributed by atoms with Gasteiger partial charge in [-0.1, -0.05) is 0 Å². The summed E-state index contributed by atoms with van der Waals surface area (Å²) in [4.78, 5) is 42.6. The van der Waals surface area contributed by atoms with Crippen molar-refractivity contribution in [3.05, 3.63) is 23.8 Å². The number of primary amides is 1. The largest absolute Gasteiger partial charge is 0.444 e. The molecule has 0 radical (unpaired) electrons. The normalized spacial score (nSPS) is 17.3. The van der Waals surface area contributed by atoms with Crippen LogP contribution in [0.2, 0.25) is 0 Å². The Labute approximate surface area is 201 Å². The smallest absolute Gasteiger partial charge is 0.410 e. The number of ether oxygens (including phenoxy) is 1. The van der Waals surface area contributed by atoms with Crippen LogP contribution in [0, 0.1) is 0 Å². The first-order chi connectivity index (χ1) is 16.1. The number of hydrogen-bond acceptors (Lipinski definition) is 6. The summed E-state index contributed by atoms with van der Waals surface area (Å²) in [6.45, 7) is 11.2. The Balaban J connectivity index is 1.47. The molecule has 10 nitrogen and oxygen atoms in total. The van der Waals surface area contributed by atoms with Crippen LogP contribution < -0.4 is 21.3 Å². The number of piperidine rings is 1. The zero-order chi connectivity index (χ0) is 24.7. The summed E-state index contributed by atoms with van der Waals surface area (Å²) >= 11 is 0. The lowest BCUT2D eigenvalue weighted by Gasteiger charge is -2.35. The SMILES string of the molecule is CC(C)(C)OC(=O)N1CCN(CCNC(=O)Nc2cc(C(N)=O)ccc2N2CCCCC2)CC1. The number of carbonyl (C=O) groups excluding carboxylic acids is 3. The van der Waals surface area contributed by atoms with E-state index in [4.69, 9.17) is 10.5 Å². The molecule has 2 aliphatic rings. The molecule has 1 aromatic carbocycles. The fourth-order valence-electron chi connectivity index (χ4n) is 4.17. The summed E-state index contributed by atoms with van der Waals surface area (Å²) in [6.07, 6.45) is 3.12. The molecular weight excluding hydrogens is 436 g/mol. The molecule has 0 atom stereocenters. The summed E-state index contributed by atoms with van der Waals surface area (Å²) in [5, 5.41) is 5.79. The lowest BCUT2D eigenvalue weighted by molar-refractivity contribution is 0.0147. The first kappa shape index (κ1) is 25.6. The topological polar surface area (TPSA) is 120 Å². The first-order valence-corrected chi connectivity index (χ1v) is 12.1. The molecule has 2 aliphatic heterocycles. The van der Waals surface area contributed by atoms with Gasteiger partial charge in [0.1, 0.15) is 5.60 Å². The molecule has 1 aromatic rings. The first-order valence-electron chi connectivity index (χ1n) is 12.1. The van der Waals surface area contributed by atoms with E-state index in [1.54, 1.807) is 17.0 Å². The van der Waals surface area contributed by atoms with E-state index >= 15 is 0 Å². The molecule has 10 heteroatoms. The second-order valence-corrected chi connectivity index (χ2v) is 9.83. The lowest BCUT2D eigenvalue weighted by Crippen LogP contribution is -2.51. The maximum atomic E-state index is 12.6. The molecule has 0 aromatic heterocycles. The van der Waals surface area contributed by atoms with Gasteiger partial charge in [0.25, 0.3) is 0 Å². The Kier molecular flexibility index (Phi) is 8.60. The maximum Gasteiger partial charge on any atom is 0.410 e. The van der Waals surface area contributed by atoms with E-state index in [1.165, 1.54) is 6.42 Å². The zero-order valence-electron chi connectivity index (χ0n) is 20.6. The molecule has 4 N–H and O–H groups in total. The number of piperazine rings is 1. The third-order valence-electron chi connectivity index (χ3n) is 5.96. The highest BCUT2D eigenvalue weighted by molar-refractivity contribution is 5.98.